The minimum atomic E-state index is -0.730. The lowest BCUT2D eigenvalue weighted by Crippen LogP contribution is -2.30. The monoisotopic (exact) mass is 503 g/mol. The smallest absolute Gasteiger partial charge is 0.303 e. The number of thioether (sulfide) groups is 1. The molecule has 36 heavy (non-hydrogen) atoms. The molecule has 0 saturated heterocycles. The Morgan fingerprint density at radius 2 is 1.97 bits per heavy atom. The molecule has 0 amide bonds. The van der Waals surface area contributed by atoms with Gasteiger partial charge in [-0.1, -0.05) is 24.3 Å². The van der Waals surface area contributed by atoms with E-state index in [4.69, 9.17) is 14.8 Å². The van der Waals surface area contributed by atoms with Gasteiger partial charge in [0.1, 0.15) is 5.75 Å². The van der Waals surface area contributed by atoms with Crippen molar-refractivity contribution in [1.29, 1.82) is 0 Å². The summed E-state index contributed by atoms with van der Waals surface area (Å²) >= 11 is 1.70. The number of hydrogen-bond acceptors (Lipinski definition) is 6. The Morgan fingerprint density at radius 3 is 2.75 bits per heavy atom. The molecule has 0 bridgehead atoms. The number of para-hydroxylation sites is 1. The zero-order valence-corrected chi connectivity index (χ0v) is 21.5. The molecule has 3 aromatic rings. The van der Waals surface area contributed by atoms with Crippen molar-refractivity contribution in [2.24, 2.45) is 0 Å². The lowest BCUT2D eigenvalue weighted by molar-refractivity contribution is -0.137. The van der Waals surface area contributed by atoms with Crippen molar-refractivity contribution in [3.63, 3.8) is 0 Å². The molecule has 0 atom stereocenters. The summed E-state index contributed by atoms with van der Waals surface area (Å²) in [5, 5.41) is 13.6. The first kappa shape index (κ1) is 24.8. The lowest BCUT2D eigenvalue weighted by atomic mass is 9.94. The number of benzene rings is 1. The number of hydrogen-bond donors (Lipinski definition) is 2. The van der Waals surface area contributed by atoms with E-state index < -0.39 is 5.97 Å². The Morgan fingerprint density at radius 1 is 1.14 bits per heavy atom. The summed E-state index contributed by atoms with van der Waals surface area (Å²) in [4.78, 5) is 20.1. The van der Waals surface area contributed by atoms with Gasteiger partial charge in [-0.05, 0) is 86.1 Å². The quantitative estimate of drug-likeness (QED) is 0.215. The van der Waals surface area contributed by atoms with Crippen molar-refractivity contribution in [3.05, 3.63) is 71.7 Å². The van der Waals surface area contributed by atoms with Gasteiger partial charge in [-0.15, -0.1) is 11.8 Å². The number of carbonyl (C=O) groups is 1. The normalized spacial score (nSPS) is 16.0. The molecule has 0 radical (unpaired) electrons. The van der Waals surface area contributed by atoms with Crippen molar-refractivity contribution < 1.29 is 14.6 Å². The number of rotatable bonds is 13. The second kappa shape index (κ2) is 11.0. The summed E-state index contributed by atoms with van der Waals surface area (Å²) in [6.07, 6.45) is 10.4. The van der Waals surface area contributed by atoms with Crippen LogP contribution in [-0.2, 0) is 16.9 Å². The fourth-order valence-corrected chi connectivity index (χ4v) is 5.35. The van der Waals surface area contributed by atoms with Gasteiger partial charge in [0.25, 0.3) is 0 Å². The standard InChI is InChI=1S/C29H33N3O3S/c1-20-9-12-27(36-17-5-4-8-28(33)34)32-25(20)19-31-29(14-15-29)24-18-30-16-13-22(24)23-6-2-3-7-26(23)35-21-10-11-21/h2-3,6-7,9,12-13,16,18,21,31H,4-5,8,10-11,14-15,17,19H2,1H3,(H,33,34). The molecule has 2 aliphatic carbocycles. The Labute approximate surface area is 216 Å². The average molecular weight is 504 g/mol. The minimum absolute atomic E-state index is 0.107. The van der Waals surface area contributed by atoms with Gasteiger partial charge >= 0.3 is 5.97 Å². The third kappa shape index (κ3) is 6.08. The van der Waals surface area contributed by atoms with Crippen LogP contribution >= 0.6 is 11.8 Å². The predicted molar refractivity (Wildman–Crippen MR) is 142 cm³/mol. The van der Waals surface area contributed by atoms with Crippen LogP contribution in [0.25, 0.3) is 11.1 Å². The van der Waals surface area contributed by atoms with E-state index >= 15 is 0 Å². The van der Waals surface area contributed by atoms with E-state index in [1.165, 1.54) is 16.7 Å². The fraction of sp³-hybridized carbons (Fsp3) is 0.414. The highest BCUT2D eigenvalue weighted by Gasteiger charge is 2.46. The highest BCUT2D eigenvalue weighted by molar-refractivity contribution is 7.99. The van der Waals surface area contributed by atoms with Gasteiger partial charge in [0, 0.05) is 36.5 Å². The molecule has 0 aliphatic heterocycles. The van der Waals surface area contributed by atoms with Crippen LogP contribution < -0.4 is 10.1 Å². The first-order valence-electron chi connectivity index (χ1n) is 12.8. The zero-order chi connectivity index (χ0) is 25.0. The number of aryl methyl sites for hydroxylation is 1. The highest BCUT2D eigenvalue weighted by atomic mass is 32.2. The van der Waals surface area contributed by atoms with E-state index in [-0.39, 0.29) is 12.0 Å². The first-order valence-corrected chi connectivity index (χ1v) is 13.8. The second-order valence-electron chi connectivity index (χ2n) is 9.78. The molecular formula is C29H33N3O3S. The van der Waals surface area contributed by atoms with Crippen LogP contribution in [0.4, 0.5) is 0 Å². The molecule has 2 saturated carbocycles. The average Bonchev–Trinajstić information content (AvgIpc) is 3.81. The third-order valence-electron chi connectivity index (χ3n) is 6.89. The number of nitrogens with one attached hydrogen (secondary N) is 1. The molecule has 6 nitrogen and oxygen atoms in total. The summed E-state index contributed by atoms with van der Waals surface area (Å²) in [6.45, 7) is 2.79. The number of unbranched alkanes of at least 4 members (excludes halogenated alkanes) is 1. The van der Waals surface area contributed by atoms with Gasteiger partial charge in [-0.3, -0.25) is 9.78 Å². The van der Waals surface area contributed by atoms with Crippen LogP contribution in [0.3, 0.4) is 0 Å². The predicted octanol–water partition coefficient (Wildman–Crippen LogP) is 6.12. The van der Waals surface area contributed by atoms with Crippen LogP contribution in [0.2, 0.25) is 0 Å². The summed E-state index contributed by atoms with van der Waals surface area (Å²) in [6, 6.07) is 14.6. The number of carboxylic acids is 1. The van der Waals surface area contributed by atoms with Gasteiger partial charge in [-0.2, -0.15) is 0 Å². The minimum Gasteiger partial charge on any atom is -0.490 e. The van der Waals surface area contributed by atoms with E-state index in [0.29, 0.717) is 19.1 Å². The van der Waals surface area contributed by atoms with Crippen LogP contribution in [-0.4, -0.2) is 32.9 Å². The molecule has 2 N–H and O–H groups in total. The van der Waals surface area contributed by atoms with Crippen molar-refractivity contribution in [1.82, 2.24) is 15.3 Å². The Bertz CT molecular complexity index is 1220. The Balaban J connectivity index is 1.29. The van der Waals surface area contributed by atoms with E-state index in [1.807, 2.05) is 18.5 Å². The van der Waals surface area contributed by atoms with Crippen LogP contribution in [0.1, 0.15) is 61.8 Å². The van der Waals surface area contributed by atoms with E-state index in [9.17, 15) is 4.79 Å². The number of nitrogens with zero attached hydrogens (tertiary/aromatic N) is 2. The zero-order valence-electron chi connectivity index (χ0n) is 20.7. The number of carboxylic acid groups (broad SMARTS) is 1. The number of ether oxygens (including phenoxy) is 1. The van der Waals surface area contributed by atoms with Crippen molar-refractivity contribution in [2.75, 3.05) is 5.75 Å². The van der Waals surface area contributed by atoms with Crippen molar-refractivity contribution in [3.8, 4) is 16.9 Å². The summed E-state index contributed by atoms with van der Waals surface area (Å²) < 4.78 is 6.23. The molecule has 2 fully saturated rings. The van der Waals surface area contributed by atoms with Crippen LogP contribution in [0, 0.1) is 6.92 Å². The van der Waals surface area contributed by atoms with E-state index in [1.54, 1.807) is 11.8 Å². The summed E-state index contributed by atoms with van der Waals surface area (Å²) in [7, 11) is 0. The summed E-state index contributed by atoms with van der Waals surface area (Å²) in [5.74, 6) is 1.10. The molecule has 188 valence electrons. The molecule has 1 aromatic carbocycles. The van der Waals surface area contributed by atoms with Crippen LogP contribution in [0.15, 0.2) is 59.9 Å². The molecule has 0 unspecified atom stereocenters. The Hall–Kier alpha value is -2.90. The molecule has 2 heterocycles. The highest BCUT2D eigenvalue weighted by Crippen LogP contribution is 2.50. The maximum atomic E-state index is 10.7. The second-order valence-corrected chi connectivity index (χ2v) is 10.9. The van der Waals surface area contributed by atoms with Crippen LogP contribution in [0.5, 0.6) is 5.75 Å². The maximum Gasteiger partial charge on any atom is 0.303 e. The molecule has 2 aromatic heterocycles. The van der Waals surface area contributed by atoms with Gasteiger partial charge in [0.15, 0.2) is 0 Å². The third-order valence-corrected chi connectivity index (χ3v) is 7.90. The lowest BCUT2D eigenvalue weighted by Gasteiger charge is -2.22. The molecule has 2 aliphatic rings. The van der Waals surface area contributed by atoms with Gasteiger partial charge in [-0.25, -0.2) is 4.98 Å². The maximum absolute atomic E-state index is 10.7. The van der Waals surface area contributed by atoms with Gasteiger partial charge < -0.3 is 15.2 Å². The Kier molecular flexibility index (Phi) is 7.58. The largest absolute Gasteiger partial charge is 0.490 e. The fourth-order valence-electron chi connectivity index (χ4n) is 4.45. The van der Waals surface area contributed by atoms with Crippen molar-refractivity contribution >= 4 is 17.7 Å². The molecule has 0 spiro atoms. The summed E-state index contributed by atoms with van der Waals surface area (Å²) in [5.41, 5.74) is 5.65. The van der Waals surface area contributed by atoms with E-state index in [2.05, 4.69) is 53.6 Å². The molecule has 7 heteroatoms. The number of aromatic nitrogens is 2. The topological polar surface area (TPSA) is 84.3 Å². The van der Waals surface area contributed by atoms with Gasteiger partial charge in [0.05, 0.1) is 16.8 Å². The SMILES string of the molecule is Cc1ccc(SCCCCC(=O)O)nc1CNC1(c2cnccc2-c2ccccc2OC2CC2)CC1. The number of pyridine rings is 2. The first-order chi connectivity index (χ1) is 17.5. The van der Waals surface area contributed by atoms with Crippen molar-refractivity contribution in [2.45, 2.75) is 75.1 Å². The molecule has 5 rings (SSSR count). The number of aliphatic carboxylic acids is 1. The van der Waals surface area contributed by atoms with Gasteiger partial charge in [0.2, 0.25) is 0 Å². The molecular weight excluding hydrogens is 470 g/mol. The van der Waals surface area contributed by atoms with E-state index in [0.717, 1.165) is 59.9 Å².